The molecule has 0 fully saturated rings. The van der Waals surface area contributed by atoms with Gasteiger partial charge in [0, 0.05) is 44.5 Å². The van der Waals surface area contributed by atoms with Crippen molar-refractivity contribution in [2.45, 2.75) is 0 Å². The van der Waals surface area contributed by atoms with Gasteiger partial charge in [-0.25, -0.2) is 0 Å². The first kappa shape index (κ1) is 13.9. The van der Waals surface area contributed by atoms with Crippen molar-refractivity contribution in [3.63, 3.8) is 0 Å². The third-order valence-corrected chi connectivity index (χ3v) is 3.81. The number of pyridine rings is 1. The summed E-state index contributed by atoms with van der Waals surface area (Å²) in [6.45, 7) is 0. The highest BCUT2D eigenvalue weighted by Crippen LogP contribution is 2.34. The van der Waals surface area contributed by atoms with Crippen LogP contribution < -0.4 is 5.73 Å². The zero-order valence-corrected chi connectivity index (χ0v) is 12.3. The summed E-state index contributed by atoms with van der Waals surface area (Å²) >= 11 is 12.2. The summed E-state index contributed by atoms with van der Waals surface area (Å²) in [7, 11) is 0. The normalized spacial score (nSPS) is 10.8. The van der Waals surface area contributed by atoms with Gasteiger partial charge in [0.15, 0.2) is 0 Å². The summed E-state index contributed by atoms with van der Waals surface area (Å²) in [5.74, 6) is -0.470. The lowest BCUT2D eigenvalue weighted by Crippen LogP contribution is -2.10. The van der Waals surface area contributed by atoms with E-state index in [9.17, 15) is 4.79 Å². The lowest BCUT2D eigenvalue weighted by Gasteiger charge is -2.09. The van der Waals surface area contributed by atoms with Gasteiger partial charge >= 0.3 is 0 Å². The number of hydrogen-bond acceptors (Lipinski definition) is 2. The number of aromatic nitrogens is 1. The molecule has 3 rings (SSSR count). The van der Waals surface area contributed by atoms with E-state index in [-0.39, 0.29) is 0 Å². The molecule has 1 amide bonds. The molecule has 0 spiro atoms. The topological polar surface area (TPSA) is 56.0 Å². The third kappa shape index (κ3) is 2.58. The summed E-state index contributed by atoms with van der Waals surface area (Å²) in [5.41, 5.74) is 7.43. The Kier molecular flexibility index (Phi) is 3.53. The molecule has 0 radical (unpaired) electrons. The lowest BCUT2D eigenvalue weighted by atomic mass is 9.99. The number of benzene rings is 2. The Hall–Kier alpha value is -2.10. The fraction of sp³-hybridized carbons (Fsp3) is 0. The Morgan fingerprint density at radius 1 is 1.00 bits per heavy atom. The van der Waals surface area contributed by atoms with Crippen LogP contribution in [0.2, 0.25) is 10.0 Å². The summed E-state index contributed by atoms with van der Waals surface area (Å²) in [6, 6.07) is 10.5. The van der Waals surface area contributed by atoms with Crippen LogP contribution in [0.1, 0.15) is 10.4 Å². The van der Waals surface area contributed by atoms with E-state index in [1.54, 1.807) is 36.7 Å². The first-order valence-corrected chi connectivity index (χ1v) is 6.95. The van der Waals surface area contributed by atoms with Crippen molar-refractivity contribution >= 4 is 39.9 Å². The van der Waals surface area contributed by atoms with Crippen LogP contribution in [-0.2, 0) is 0 Å². The zero-order chi connectivity index (χ0) is 15.0. The molecule has 0 saturated carbocycles. The summed E-state index contributed by atoms with van der Waals surface area (Å²) < 4.78 is 0. The molecule has 3 aromatic rings. The summed E-state index contributed by atoms with van der Waals surface area (Å²) in [5, 5.41) is 2.87. The zero-order valence-electron chi connectivity index (χ0n) is 10.8. The van der Waals surface area contributed by atoms with E-state index in [2.05, 4.69) is 4.98 Å². The van der Waals surface area contributed by atoms with Crippen LogP contribution in [0.3, 0.4) is 0 Å². The van der Waals surface area contributed by atoms with Crippen LogP contribution in [0.4, 0.5) is 0 Å². The minimum atomic E-state index is -0.470. The van der Waals surface area contributed by atoms with Gasteiger partial charge in [-0.05, 0) is 29.7 Å². The molecular formula is C16H10Cl2N2O. The van der Waals surface area contributed by atoms with Gasteiger partial charge < -0.3 is 5.73 Å². The number of halogens is 2. The van der Waals surface area contributed by atoms with Gasteiger partial charge in [0.2, 0.25) is 5.91 Å². The molecule has 0 atom stereocenters. The number of primary amides is 1. The van der Waals surface area contributed by atoms with E-state index < -0.39 is 5.91 Å². The average molecular weight is 317 g/mol. The Morgan fingerprint density at radius 2 is 1.81 bits per heavy atom. The minimum absolute atomic E-state index is 0.444. The molecule has 0 aliphatic carbocycles. The Bertz CT molecular complexity index is 862. The quantitative estimate of drug-likeness (QED) is 0.766. The third-order valence-electron chi connectivity index (χ3n) is 3.27. The van der Waals surface area contributed by atoms with Crippen molar-refractivity contribution in [2.75, 3.05) is 0 Å². The van der Waals surface area contributed by atoms with Crippen molar-refractivity contribution < 1.29 is 4.79 Å². The van der Waals surface area contributed by atoms with E-state index >= 15 is 0 Å². The van der Waals surface area contributed by atoms with Crippen LogP contribution in [0.25, 0.3) is 21.9 Å². The van der Waals surface area contributed by atoms with E-state index in [0.717, 1.165) is 21.9 Å². The molecule has 0 saturated heterocycles. The molecule has 0 bridgehead atoms. The largest absolute Gasteiger partial charge is 0.366 e. The van der Waals surface area contributed by atoms with Gasteiger partial charge in [-0.1, -0.05) is 35.3 Å². The van der Waals surface area contributed by atoms with Gasteiger partial charge in [0.1, 0.15) is 0 Å². The monoisotopic (exact) mass is 316 g/mol. The molecular weight excluding hydrogens is 307 g/mol. The molecule has 1 aromatic heterocycles. The van der Waals surface area contributed by atoms with Gasteiger partial charge in [-0.2, -0.15) is 0 Å². The van der Waals surface area contributed by atoms with Crippen molar-refractivity contribution in [2.24, 2.45) is 5.73 Å². The first-order chi connectivity index (χ1) is 10.1. The van der Waals surface area contributed by atoms with Crippen molar-refractivity contribution in [1.82, 2.24) is 4.98 Å². The number of amides is 1. The van der Waals surface area contributed by atoms with Crippen molar-refractivity contribution in [1.29, 1.82) is 0 Å². The summed E-state index contributed by atoms with van der Waals surface area (Å²) in [4.78, 5) is 15.6. The standard InChI is InChI=1S/C16H10Cl2N2O/c17-11-3-4-12(15(18)6-11)14-8-20-7-10-2-1-9(16(19)21)5-13(10)14/h1-8H,(H2,19,21). The van der Waals surface area contributed by atoms with Crippen molar-refractivity contribution in [3.05, 3.63) is 64.4 Å². The number of nitrogens with zero attached hydrogens (tertiary/aromatic N) is 1. The smallest absolute Gasteiger partial charge is 0.248 e. The molecule has 3 nitrogen and oxygen atoms in total. The van der Waals surface area contributed by atoms with Gasteiger partial charge in [0.25, 0.3) is 0 Å². The number of fused-ring (bicyclic) bond motifs is 1. The van der Waals surface area contributed by atoms with Crippen LogP contribution in [0.15, 0.2) is 48.8 Å². The highest BCUT2D eigenvalue weighted by Gasteiger charge is 2.10. The maximum Gasteiger partial charge on any atom is 0.248 e. The number of carbonyl (C=O) groups is 1. The molecule has 21 heavy (non-hydrogen) atoms. The Morgan fingerprint density at radius 3 is 2.52 bits per heavy atom. The predicted octanol–water partition coefficient (Wildman–Crippen LogP) is 4.31. The molecule has 0 unspecified atom stereocenters. The number of hydrogen-bond donors (Lipinski definition) is 1. The second-order valence-corrected chi connectivity index (χ2v) is 5.46. The fourth-order valence-corrected chi connectivity index (χ4v) is 2.75. The molecule has 0 aliphatic rings. The molecule has 1 heterocycles. The molecule has 2 aromatic carbocycles. The number of nitrogens with two attached hydrogens (primary N) is 1. The van der Waals surface area contributed by atoms with Gasteiger partial charge in [-0.3, -0.25) is 9.78 Å². The maximum atomic E-state index is 11.4. The number of carbonyl (C=O) groups excluding carboxylic acids is 1. The first-order valence-electron chi connectivity index (χ1n) is 6.19. The van der Waals surface area contributed by atoms with Gasteiger partial charge in [-0.15, -0.1) is 0 Å². The minimum Gasteiger partial charge on any atom is -0.366 e. The van der Waals surface area contributed by atoms with Crippen LogP contribution in [0.5, 0.6) is 0 Å². The average Bonchev–Trinajstić information content (AvgIpc) is 2.46. The maximum absolute atomic E-state index is 11.4. The highest BCUT2D eigenvalue weighted by atomic mass is 35.5. The Labute approximate surface area is 131 Å². The Balaban J connectivity index is 2.31. The van der Waals surface area contributed by atoms with Crippen LogP contribution >= 0.6 is 23.2 Å². The predicted molar refractivity (Wildman–Crippen MR) is 85.7 cm³/mol. The van der Waals surface area contributed by atoms with E-state index in [0.29, 0.717) is 15.6 Å². The second kappa shape index (κ2) is 5.35. The molecule has 5 heteroatoms. The van der Waals surface area contributed by atoms with Gasteiger partial charge in [0.05, 0.1) is 0 Å². The molecule has 0 aliphatic heterocycles. The van der Waals surface area contributed by atoms with E-state index in [1.165, 1.54) is 0 Å². The van der Waals surface area contributed by atoms with Crippen LogP contribution in [0, 0.1) is 0 Å². The molecule has 104 valence electrons. The molecule has 2 N–H and O–H groups in total. The highest BCUT2D eigenvalue weighted by molar-refractivity contribution is 6.36. The van der Waals surface area contributed by atoms with E-state index in [4.69, 9.17) is 28.9 Å². The number of rotatable bonds is 2. The summed E-state index contributed by atoms with van der Waals surface area (Å²) in [6.07, 6.45) is 3.44. The lowest BCUT2D eigenvalue weighted by molar-refractivity contribution is 0.100. The fourth-order valence-electron chi connectivity index (χ4n) is 2.24. The van der Waals surface area contributed by atoms with Crippen molar-refractivity contribution in [3.8, 4) is 11.1 Å². The SMILES string of the molecule is NC(=O)c1ccc2cncc(-c3ccc(Cl)cc3Cl)c2c1. The van der Waals surface area contributed by atoms with E-state index in [1.807, 2.05) is 12.1 Å². The van der Waals surface area contributed by atoms with Crippen LogP contribution in [-0.4, -0.2) is 10.9 Å². The second-order valence-electron chi connectivity index (χ2n) is 4.61.